The van der Waals surface area contributed by atoms with Gasteiger partial charge in [0.25, 0.3) is 5.91 Å². The number of ether oxygens (including phenoxy) is 1. The molecule has 3 rings (SSSR count). The molecule has 2 aromatic rings. The first-order chi connectivity index (χ1) is 13.8. The second-order valence-corrected chi connectivity index (χ2v) is 6.56. The van der Waals surface area contributed by atoms with E-state index >= 15 is 0 Å². The fourth-order valence-corrected chi connectivity index (χ4v) is 3.30. The number of benzene rings is 2. The van der Waals surface area contributed by atoms with E-state index in [4.69, 9.17) is 5.73 Å². The van der Waals surface area contributed by atoms with Crippen LogP contribution in [0.1, 0.15) is 29.3 Å². The summed E-state index contributed by atoms with van der Waals surface area (Å²) in [5.41, 5.74) is 5.54. The van der Waals surface area contributed by atoms with Crippen LogP contribution in [-0.2, 0) is 10.3 Å². The predicted octanol–water partition coefficient (Wildman–Crippen LogP) is 3.91. The number of guanidine groups is 1. The highest BCUT2D eigenvalue weighted by molar-refractivity contribution is 6.08. The van der Waals surface area contributed by atoms with Crippen LogP contribution in [0.25, 0.3) is 0 Å². The Bertz CT molecular complexity index is 946. The number of nitrogens with two attached hydrogens (primary N) is 1. The maximum atomic E-state index is 14.4. The second kappa shape index (κ2) is 7.98. The van der Waals surface area contributed by atoms with Crippen molar-refractivity contribution < 1.29 is 22.7 Å². The molecule has 0 aliphatic carbocycles. The van der Waals surface area contributed by atoms with Crippen molar-refractivity contribution in [2.24, 2.45) is 10.7 Å². The largest absolute Gasteiger partial charge is 0.435 e. The SMILES string of the molecule is C=CC[C@@H](F)c1cccc(C2(c3ccc(OC(F)F)cc3)N=C(N)N(C)C2=O)c1. The summed E-state index contributed by atoms with van der Waals surface area (Å²) in [7, 11) is 1.48. The summed E-state index contributed by atoms with van der Waals surface area (Å²) in [5.74, 6) is -0.497. The van der Waals surface area contributed by atoms with Crippen LogP contribution in [-0.4, -0.2) is 30.4 Å². The van der Waals surface area contributed by atoms with Crippen molar-refractivity contribution in [1.29, 1.82) is 0 Å². The van der Waals surface area contributed by atoms with Crippen molar-refractivity contribution >= 4 is 11.9 Å². The number of aliphatic imine (C=N–C) groups is 1. The molecule has 2 N–H and O–H groups in total. The predicted molar refractivity (Wildman–Crippen MR) is 103 cm³/mol. The highest BCUT2D eigenvalue weighted by atomic mass is 19.3. The standard InChI is InChI=1S/C21H20F3N3O2/c1-3-5-17(22)13-6-4-7-15(12-13)21(18(28)27(2)20(25)26-21)14-8-10-16(11-9-14)29-19(23)24/h3-4,6-12,17,19H,1,5H2,2H3,(H2,25,26)/t17-,21?/m1/s1. The lowest BCUT2D eigenvalue weighted by Gasteiger charge is -2.27. The van der Waals surface area contributed by atoms with Crippen molar-refractivity contribution in [2.45, 2.75) is 24.7 Å². The second-order valence-electron chi connectivity index (χ2n) is 6.56. The lowest BCUT2D eigenvalue weighted by atomic mass is 9.82. The number of rotatable bonds is 7. The zero-order chi connectivity index (χ0) is 21.2. The van der Waals surface area contributed by atoms with Gasteiger partial charge in [0.1, 0.15) is 11.9 Å². The van der Waals surface area contributed by atoms with Gasteiger partial charge < -0.3 is 10.5 Å². The van der Waals surface area contributed by atoms with Crippen LogP contribution in [0.2, 0.25) is 0 Å². The minimum absolute atomic E-state index is 0.00352. The molecular weight excluding hydrogens is 383 g/mol. The van der Waals surface area contributed by atoms with Crippen LogP contribution < -0.4 is 10.5 Å². The van der Waals surface area contributed by atoms with Gasteiger partial charge in [-0.1, -0.05) is 36.4 Å². The Morgan fingerprint density at radius 1 is 1.21 bits per heavy atom. The molecule has 0 aromatic heterocycles. The number of likely N-dealkylation sites (N-methyl/N-ethyl adjacent to an activating group) is 1. The summed E-state index contributed by atoms with van der Waals surface area (Å²) in [5, 5.41) is 0. The molecule has 5 nitrogen and oxygen atoms in total. The number of hydrogen-bond acceptors (Lipinski definition) is 4. The Hall–Kier alpha value is -3.29. The third kappa shape index (κ3) is 3.70. The molecule has 1 heterocycles. The molecule has 2 atom stereocenters. The number of carbonyl (C=O) groups excluding carboxylic acids is 1. The average molecular weight is 403 g/mol. The number of alkyl halides is 3. The first-order valence-electron chi connectivity index (χ1n) is 8.84. The summed E-state index contributed by atoms with van der Waals surface area (Å²) in [6, 6.07) is 12.0. The van der Waals surface area contributed by atoms with E-state index in [1.54, 1.807) is 24.3 Å². The van der Waals surface area contributed by atoms with Crippen molar-refractivity contribution in [3.63, 3.8) is 0 Å². The van der Waals surface area contributed by atoms with Crippen molar-refractivity contribution in [2.75, 3.05) is 7.05 Å². The topological polar surface area (TPSA) is 67.9 Å². The van der Waals surface area contributed by atoms with Crippen molar-refractivity contribution in [3.8, 4) is 5.75 Å². The van der Waals surface area contributed by atoms with Crippen LogP contribution >= 0.6 is 0 Å². The van der Waals surface area contributed by atoms with E-state index in [9.17, 15) is 18.0 Å². The zero-order valence-corrected chi connectivity index (χ0v) is 15.7. The lowest BCUT2D eigenvalue weighted by molar-refractivity contribution is -0.129. The molecule has 0 spiro atoms. The quantitative estimate of drug-likeness (QED) is 0.713. The van der Waals surface area contributed by atoms with E-state index in [2.05, 4.69) is 16.3 Å². The maximum absolute atomic E-state index is 14.4. The Balaban J connectivity index is 2.13. The molecule has 0 fully saturated rings. The molecule has 29 heavy (non-hydrogen) atoms. The lowest BCUT2D eigenvalue weighted by Crippen LogP contribution is -2.41. The molecule has 1 aliphatic heterocycles. The van der Waals surface area contributed by atoms with Gasteiger partial charge in [0.05, 0.1) is 0 Å². The van der Waals surface area contributed by atoms with Gasteiger partial charge in [-0.05, 0) is 34.9 Å². The monoisotopic (exact) mass is 403 g/mol. The first kappa shape index (κ1) is 20.4. The van der Waals surface area contributed by atoms with Gasteiger partial charge in [-0.15, -0.1) is 6.58 Å². The summed E-state index contributed by atoms with van der Waals surface area (Å²) in [4.78, 5) is 18.8. The van der Waals surface area contributed by atoms with E-state index < -0.39 is 24.2 Å². The zero-order valence-electron chi connectivity index (χ0n) is 15.7. The summed E-state index contributed by atoms with van der Waals surface area (Å²) < 4.78 is 43.7. The average Bonchev–Trinajstić information content (AvgIpc) is 2.93. The highest BCUT2D eigenvalue weighted by Crippen LogP contribution is 2.41. The van der Waals surface area contributed by atoms with Crippen molar-refractivity contribution in [3.05, 3.63) is 77.9 Å². The molecule has 1 unspecified atom stereocenters. The molecule has 0 radical (unpaired) electrons. The Morgan fingerprint density at radius 3 is 2.45 bits per heavy atom. The third-order valence-corrected chi connectivity index (χ3v) is 4.78. The van der Waals surface area contributed by atoms with Crippen LogP contribution in [0.15, 0.2) is 66.2 Å². The smallest absolute Gasteiger partial charge is 0.387 e. The molecule has 8 heteroatoms. The van der Waals surface area contributed by atoms with Crippen LogP contribution in [0.3, 0.4) is 0 Å². The fourth-order valence-electron chi connectivity index (χ4n) is 3.30. The third-order valence-electron chi connectivity index (χ3n) is 4.78. The van der Waals surface area contributed by atoms with Gasteiger partial charge in [0.15, 0.2) is 11.5 Å². The Morgan fingerprint density at radius 2 is 1.90 bits per heavy atom. The van der Waals surface area contributed by atoms with E-state index in [0.29, 0.717) is 16.7 Å². The van der Waals surface area contributed by atoms with E-state index in [1.165, 1.54) is 42.3 Å². The molecule has 1 amide bonds. The maximum Gasteiger partial charge on any atom is 0.387 e. The van der Waals surface area contributed by atoms with Gasteiger partial charge >= 0.3 is 6.61 Å². The fraction of sp³-hybridized carbons (Fsp3) is 0.238. The minimum atomic E-state index is -2.97. The molecule has 2 aromatic carbocycles. The number of halogens is 3. The first-order valence-corrected chi connectivity index (χ1v) is 8.84. The van der Waals surface area contributed by atoms with Crippen LogP contribution in [0, 0.1) is 0 Å². The van der Waals surface area contributed by atoms with Crippen LogP contribution in [0.5, 0.6) is 5.75 Å². The van der Waals surface area contributed by atoms with Gasteiger partial charge in [0, 0.05) is 13.5 Å². The Labute approximate surface area is 166 Å². The van der Waals surface area contributed by atoms with E-state index in [1.807, 2.05) is 0 Å². The molecule has 1 aliphatic rings. The Kier molecular flexibility index (Phi) is 5.63. The molecule has 0 saturated carbocycles. The van der Waals surface area contributed by atoms with Gasteiger partial charge in [0.2, 0.25) is 0 Å². The van der Waals surface area contributed by atoms with E-state index in [0.717, 1.165) is 0 Å². The molecule has 0 saturated heterocycles. The number of hydrogen-bond donors (Lipinski definition) is 1. The van der Waals surface area contributed by atoms with Gasteiger partial charge in [-0.3, -0.25) is 9.69 Å². The highest BCUT2D eigenvalue weighted by Gasteiger charge is 2.49. The number of carbonyl (C=O) groups is 1. The van der Waals surface area contributed by atoms with E-state index in [-0.39, 0.29) is 18.1 Å². The molecule has 152 valence electrons. The molecule has 0 bridgehead atoms. The summed E-state index contributed by atoms with van der Waals surface area (Å²) in [6.45, 7) is 0.577. The normalized spacial score (nSPS) is 20.0. The number of amides is 1. The van der Waals surface area contributed by atoms with Gasteiger partial charge in [-0.2, -0.15) is 8.78 Å². The van der Waals surface area contributed by atoms with Crippen LogP contribution in [0.4, 0.5) is 13.2 Å². The summed E-state index contributed by atoms with van der Waals surface area (Å²) >= 11 is 0. The van der Waals surface area contributed by atoms with Gasteiger partial charge in [-0.25, -0.2) is 9.38 Å². The minimum Gasteiger partial charge on any atom is -0.435 e. The number of allylic oxidation sites excluding steroid dienone is 1. The summed E-state index contributed by atoms with van der Waals surface area (Å²) in [6.07, 6.45) is 0.302. The van der Waals surface area contributed by atoms with Crippen molar-refractivity contribution in [1.82, 2.24) is 4.90 Å². The number of nitrogens with zero attached hydrogens (tertiary/aromatic N) is 2. The molecular formula is C21H20F3N3O2.